The molecule has 10 nitrogen and oxygen atoms in total. The van der Waals surface area contributed by atoms with Crippen LogP contribution in [0.1, 0.15) is 67.3 Å². The van der Waals surface area contributed by atoms with Gasteiger partial charge in [-0.15, -0.1) is 0 Å². The molecule has 1 aliphatic heterocycles. The first-order chi connectivity index (χ1) is 22.6. The van der Waals surface area contributed by atoms with E-state index in [1.165, 1.54) is 18.4 Å². The molecule has 0 atom stereocenters. The number of rotatable bonds is 13. The Morgan fingerprint density at radius 1 is 1.00 bits per heavy atom. The maximum atomic E-state index is 14.2. The second-order valence-electron chi connectivity index (χ2n) is 11.2. The first kappa shape index (κ1) is 34.9. The fourth-order valence-corrected chi connectivity index (χ4v) is 6.41. The van der Waals surface area contributed by atoms with Crippen LogP contribution in [0, 0.1) is 18.3 Å². The highest BCUT2D eigenvalue weighted by molar-refractivity contribution is 7.17. The largest absolute Gasteiger partial charge is 0.496 e. The molecule has 11 heteroatoms. The lowest BCUT2D eigenvalue weighted by molar-refractivity contribution is -0.153. The molecule has 1 aliphatic rings. The fraction of sp³-hybridized carbons (Fsp3) is 0.361. The van der Waals surface area contributed by atoms with Crippen LogP contribution >= 0.6 is 11.3 Å². The van der Waals surface area contributed by atoms with Gasteiger partial charge in [-0.2, -0.15) is 10.3 Å². The van der Waals surface area contributed by atoms with Crippen molar-refractivity contribution in [1.29, 1.82) is 5.26 Å². The van der Waals surface area contributed by atoms with Crippen molar-refractivity contribution in [3.05, 3.63) is 75.2 Å². The van der Waals surface area contributed by atoms with Gasteiger partial charge in [0.05, 0.1) is 30.4 Å². The summed E-state index contributed by atoms with van der Waals surface area (Å²) in [7, 11) is 4.51. The Kier molecular flexibility index (Phi) is 11.6. The molecule has 0 saturated carbocycles. The molecule has 4 rings (SSSR count). The van der Waals surface area contributed by atoms with Gasteiger partial charge in [-0.05, 0) is 68.2 Å². The van der Waals surface area contributed by atoms with E-state index in [0.717, 1.165) is 59.5 Å². The predicted octanol–water partition coefficient (Wildman–Crippen LogP) is 6.82. The number of anilines is 1. The lowest BCUT2D eigenvalue weighted by Gasteiger charge is -2.33. The van der Waals surface area contributed by atoms with Crippen molar-refractivity contribution in [2.45, 2.75) is 53.4 Å². The number of methoxy groups -OCH3 is 2. The molecule has 47 heavy (non-hydrogen) atoms. The van der Waals surface area contributed by atoms with Gasteiger partial charge < -0.3 is 14.4 Å². The summed E-state index contributed by atoms with van der Waals surface area (Å²) >= 11 is 1.41. The average molecular weight is 656 g/mol. The van der Waals surface area contributed by atoms with Crippen molar-refractivity contribution in [3.8, 4) is 28.8 Å². The number of nitriles is 1. The Balaban J connectivity index is 1.95. The number of hydrogen-bond acceptors (Lipinski definition) is 9. The SMILES string of the molecule is CCCCN(CCCC)c1nc(-c2c(OC)cc(C)cc2OC)c(/C=C2\C(=O)N(N(C)C(=O)c3ccccc3)C(=O)C(C#N)=C2C)s1. The summed E-state index contributed by atoms with van der Waals surface area (Å²) < 4.78 is 11.6. The van der Waals surface area contributed by atoms with E-state index in [0.29, 0.717) is 27.6 Å². The molecule has 0 aliphatic carbocycles. The van der Waals surface area contributed by atoms with Crippen LogP contribution in [0.5, 0.6) is 11.5 Å². The van der Waals surface area contributed by atoms with E-state index in [-0.39, 0.29) is 22.3 Å². The molecule has 0 saturated heterocycles. The van der Waals surface area contributed by atoms with E-state index in [1.54, 1.807) is 57.6 Å². The number of thiazole rings is 1. The summed E-state index contributed by atoms with van der Waals surface area (Å²) in [5.41, 5.74) is 2.48. The maximum Gasteiger partial charge on any atom is 0.290 e. The molecular weight excluding hydrogens is 614 g/mol. The molecule has 2 heterocycles. The second kappa shape index (κ2) is 15.6. The highest BCUT2D eigenvalue weighted by Crippen LogP contribution is 2.45. The van der Waals surface area contributed by atoms with Gasteiger partial charge in [0.2, 0.25) is 0 Å². The number of aryl methyl sites for hydroxylation is 1. The first-order valence-electron chi connectivity index (χ1n) is 15.6. The van der Waals surface area contributed by atoms with Gasteiger partial charge in [0.15, 0.2) is 5.13 Å². The number of aromatic nitrogens is 1. The highest BCUT2D eigenvalue weighted by Gasteiger charge is 2.40. The second-order valence-corrected chi connectivity index (χ2v) is 12.2. The predicted molar refractivity (Wildman–Crippen MR) is 184 cm³/mol. The lowest BCUT2D eigenvalue weighted by atomic mass is 9.95. The third-order valence-corrected chi connectivity index (χ3v) is 9.04. The molecule has 1 aromatic heterocycles. The third kappa shape index (κ3) is 7.23. The zero-order chi connectivity index (χ0) is 34.2. The number of amides is 3. The number of carbonyl (C=O) groups is 3. The van der Waals surface area contributed by atoms with Crippen LogP contribution in [0.2, 0.25) is 0 Å². The number of imide groups is 1. The van der Waals surface area contributed by atoms with Crippen LogP contribution in [0.4, 0.5) is 5.13 Å². The standard InChI is InChI=1S/C36H41N5O5S/c1-8-10-17-40(18-11-9-2)36-38-32(31-28(45-6)19-23(3)20-29(31)46-7)30(47-36)21-26-24(4)27(22-37)35(44)41(34(26)43)39(5)33(42)25-15-13-12-14-16-25/h12-16,19-21H,8-11,17-18H2,1-7H3/b26-21-. The molecule has 0 N–H and O–H groups in total. The van der Waals surface area contributed by atoms with Gasteiger partial charge in [-0.1, -0.05) is 56.2 Å². The molecule has 0 unspecified atom stereocenters. The molecule has 2 aromatic carbocycles. The topological polar surface area (TPSA) is 116 Å². The Hall–Kier alpha value is -4.95. The number of hydrazine groups is 1. The van der Waals surface area contributed by atoms with E-state index >= 15 is 0 Å². The minimum Gasteiger partial charge on any atom is -0.496 e. The van der Waals surface area contributed by atoms with E-state index in [1.807, 2.05) is 25.1 Å². The third-order valence-electron chi connectivity index (χ3n) is 7.97. The minimum atomic E-state index is -0.865. The minimum absolute atomic E-state index is 0.101. The summed E-state index contributed by atoms with van der Waals surface area (Å²) in [4.78, 5) is 49.0. The molecule has 0 bridgehead atoms. The van der Waals surface area contributed by atoms with Crippen molar-refractivity contribution in [2.75, 3.05) is 39.3 Å². The number of carbonyl (C=O) groups excluding carboxylic acids is 3. The Morgan fingerprint density at radius 2 is 1.60 bits per heavy atom. The molecule has 3 amide bonds. The summed E-state index contributed by atoms with van der Waals surface area (Å²) in [5, 5.41) is 12.5. The van der Waals surface area contributed by atoms with Gasteiger partial charge >= 0.3 is 0 Å². The van der Waals surface area contributed by atoms with Gasteiger partial charge in [0, 0.05) is 31.3 Å². The molecule has 0 fully saturated rings. The highest BCUT2D eigenvalue weighted by atomic mass is 32.1. The summed E-state index contributed by atoms with van der Waals surface area (Å²) in [5.74, 6) is -1.05. The molecule has 246 valence electrons. The number of nitrogens with zero attached hydrogens (tertiary/aromatic N) is 5. The van der Waals surface area contributed by atoms with E-state index < -0.39 is 17.7 Å². The fourth-order valence-electron chi connectivity index (χ4n) is 5.34. The van der Waals surface area contributed by atoms with Crippen LogP contribution in [-0.4, -0.2) is 67.1 Å². The van der Waals surface area contributed by atoms with Crippen LogP contribution in [0.15, 0.2) is 59.2 Å². The van der Waals surface area contributed by atoms with Crippen LogP contribution in [0.3, 0.4) is 0 Å². The monoisotopic (exact) mass is 655 g/mol. The maximum absolute atomic E-state index is 14.2. The average Bonchev–Trinajstić information content (AvgIpc) is 3.49. The molecule has 0 radical (unpaired) electrons. The summed E-state index contributed by atoms with van der Waals surface area (Å²) in [6, 6.07) is 14.1. The van der Waals surface area contributed by atoms with Crippen LogP contribution in [-0.2, 0) is 9.59 Å². The van der Waals surface area contributed by atoms with Crippen molar-refractivity contribution < 1.29 is 23.9 Å². The van der Waals surface area contributed by atoms with E-state index in [4.69, 9.17) is 14.5 Å². The van der Waals surface area contributed by atoms with Gasteiger partial charge in [0.1, 0.15) is 23.1 Å². The number of benzene rings is 2. The normalized spacial score (nSPS) is 14.0. The van der Waals surface area contributed by atoms with Crippen molar-refractivity contribution in [3.63, 3.8) is 0 Å². The quantitative estimate of drug-likeness (QED) is 0.146. The van der Waals surface area contributed by atoms with Crippen molar-refractivity contribution in [2.24, 2.45) is 0 Å². The first-order valence-corrected chi connectivity index (χ1v) is 16.5. The zero-order valence-electron chi connectivity index (χ0n) is 28.0. The Labute approximate surface area is 280 Å². The summed E-state index contributed by atoms with van der Waals surface area (Å²) in [6.07, 6.45) is 5.66. The number of hydrogen-bond donors (Lipinski definition) is 0. The molecule has 3 aromatic rings. The molecular formula is C36H41N5O5S. The number of ether oxygens (including phenoxy) is 2. The van der Waals surface area contributed by atoms with Crippen molar-refractivity contribution in [1.82, 2.24) is 15.0 Å². The summed E-state index contributed by atoms with van der Waals surface area (Å²) in [6.45, 7) is 9.43. The van der Waals surface area contributed by atoms with Gasteiger partial charge in [-0.25, -0.2) is 9.99 Å². The number of unbranched alkanes of at least 4 members (excludes halogenated alkanes) is 2. The zero-order valence-corrected chi connectivity index (χ0v) is 28.9. The van der Waals surface area contributed by atoms with Gasteiger partial charge in [-0.3, -0.25) is 14.4 Å². The van der Waals surface area contributed by atoms with Crippen LogP contribution in [0.25, 0.3) is 17.3 Å². The van der Waals surface area contributed by atoms with Crippen molar-refractivity contribution >= 4 is 40.3 Å². The Morgan fingerprint density at radius 3 is 2.13 bits per heavy atom. The van der Waals surface area contributed by atoms with Crippen LogP contribution < -0.4 is 14.4 Å². The lowest BCUT2D eigenvalue weighted by Crippen LogP contribution is -2.53. The van der Waals surface area contributed by atoms with Gasteiger partial charge in [0.25, 0.3) is 17.7 Å². The van der Waals surface area contributed by atoms with E-state index in [9.17, 15) is 19.6 Å². The Bertz CT molecular complexity index is 1720. The molecule has 0 spiro atoms. The van der Waals surface area contributed by atoms with E-state index in [2.05, 4.69) is 18.7 Å². The smallest absolute Gasteiger partial charge is 0.290 e.